The molecule has 1 atom stereocenters. The van der Waals surface area contributed by atoms with Crippen LogP contribution in [0.25, 0.3) is 5.76 Å². The van der Waals surface area contributed by atoms with Crippen molar-refractivity contribution in [3.8, 4) is 5.75 Å². The van der Waals surface area contributed by atoms with Gasteiger partial charge < -0.3 is 19.6 Å². The second kappa shape index (κ2) is 9.13. The first-order valence-corrected chi connectivity index (χ1v) is 10.0. The predicted octanol–water partition coefficient (Wildman–Crippen LogP) is 3.46. The molecule has 0 unspecified atom stereocenters. The zero-order valence-corrected chi connectivity index (χ0v) is 17.8. The molecule has 1 aliphatic heterocycles. The maximum absolute atomic E-state index is 12.9. The first-order chi connectivity index (χ1) is 14.3. The first-order valence-electron chi connectivity index (χ1n) is 10.0. The molecule has 0 saturated carbocycles. The normalized spacial score (nSPS) is 18.5. The summed E-state index contributed by atoms with van der Waals surface area (Å²) in [7, 11) is 3.82. The van der Waals surface area contributed by atoms with Crippen molar-refractivity contribution in [1.82, 2.24) is 9.80 Å². The number of aliphatic hydroxyl groups excluding tert-OH is 1. The lowest BCUT2D eigenvalue weighted by Gasteiger charge is -2.26. The van der Waals surface area contributed by atoms with E-state index in [4.69, 9.17) is 4.74 Å². The van der Waals surface area contributed by atoms with E-state index in [-0.39, 0.29) is 17.4 Å². The summed E-state index contributed by atoms with van der Waals surface area (Å²) in [6.07, 6.45) is 0.0320. The summed E-state index contributed by atoms with van der Waals surface area (Å²) in [5, 5.41) is 11.0. The quantitative estimate of drug-likeness (QED) is 0.432. The zero-order chi connectivity index (χ0) is 21.8. The Morgan fingerprint density at radius 1 is 1.07 bits per heavy atom. The summed E-state index contributed by atoms with van der Waals surface area (Å²) in [4.78, 5) is 29.2. The highest BCUT2D eigenvalue weighted by Crippen LogP contribution is 2.39. The molecule has 6 heteroatoms. The van der Waals surface area contributed by atoms with Crippen molar-refractivity contribution in [3.05, 3.63) is 71.3 Å². The number of hydrogen-bond donors (Lipinski definition) is 1. The van der Waals surface area contributed by atoms with Crippen molar-refractivity contribution < 1.29 is 19.4 Å². The summed E-state index contributed by atoms with van der Waals surface area (Å²) >= 11 is 0. The molecule has 1 saturated heterocycles. The second-order valence-electron chi connectivity index (χ2n) is 7.90. The number of likely N-dealkylation sites (tertiary alicyclic amines) is 1. The number of likely N-dealkylation sites (N-methyl/N-ethyl adjacent to an activating group) is 1. The third-order valence-electron chi connectivity index (χ3n) is 4.94. The molecule has 1 heterocycles. The van der Waals surface area contributed by atoms with E-state index in [1.807, 2.05) is 63.2 Å². The minimum absolute atomic E-state index is 0.0320. The average Bonchev–Trinajstić information content (AvgIpc) is 2.97. The second-order valence-corrected chi connectivity index (χ2v) is 7.90. The number of amides is 1. The van der Waals surface area contributed by atoms with Gasteiger partial charge >= 0.3 is 0 Å². The van der Waals surface area contributed by atoms with Gasteiger partial charge in [-0.15, -0.1) is 0 Å². The van der Waals surface area contributed by atoms with Crippen molar-refractivity contribution in [2.75, 3.05) is 27.2 Å². The molecule has 2 aromatic carbocycles. The fourth-order valence-corrected chi connectivity index (χ4v) is 3.52. The molecule has 1 N–H and O–H groups in total. The van der Waals surface area contributed by atoms with Crippen LogP contribution in [0.1, 0.15) is 31.0 Å². The van der Waals surface area contributed by atoms with E-state index in [2.05, 4.69) is 0 Å². The van der Waals surface area contributed by atoms with Gasteiger partial charge in [0.05, 0.1) is 17.7 Å². The average molecular weight is 408 g/mol. The third kappa shape index (κ3) is 4.54. The minimum atomic E-state index is -0.664. The maximum Gasteiger partial charge on any atom is 0.295 e. The Labute approximate surface area is 177 Å². The van der Waals surface area contributed by atoms with Crippen molar-refractivity contribution in [2.45, 2.75) is 26.0 Å². The van der Waals surface area contributed by atoms with Gasteiger partial charge in [0.1, 0.15) is 11.5 Å². The van der Waals surface area contributed by atoms with Crippen LogP contribution in [0.4, 0.5) is 0 Å². The lowest BCUT2D eigenvalue weighted by atomic mass is 9.95. The Hall–Kier alpha value is -3.12. The van der Waals surface area contributed by atoms with Gasteiger partial charge in [0, 0.05) is 18.7 Å². The summed E-state index contributed by atoms with van der Waals surface area (Å²) < 4.78 is 5.64. The highest BCUT2D eigenvalue weighted by Gasteiger charge is 2.45. The van der Waals surface area contributed by atoms with Gasteiger partial charge in [-0.05, 0) is 57.8 Å². The molecule has 158 valence electrons. The Morgan fingerprint density at radius 2 is 1.70 bits per heavy atom. The smallest absolute Gasteiger partial charge is 0.295 e. The van der Waals surface area contributed by atoms with Gasteiger partial charge in [0.15, 0.2) is 0 Å². The molecular formula is C24H28N2O4. The van der Waals surface area contributed by atoms with Crippen molar-refractivity contribution >= 4 is 17.4 Å². The fraction of sp³-hybridized carbons (Fsp3) is 0.333. The van der Waals surface area contributed by atoms with Gasteiger partial charge in [-0.3, -0.25) is 9.59 Å². The number of nitrogens with zero attached hydrogens (tertiary/aromatic N) is 2. The highest BCUT2D eigenvalue weighted by molar-refractivity contribution is 6.46. The summed E-state index contributed by atoms with van der Waals surface area (Å²) in [5.41, 5.74) is 1.37. The SMILES string of the molecule is CC(C)Oc1ccc(/C(O)=C2\C(=O)C(=O)N(CCN(C)C)[C@@H]2c2ccccc2)cc1. The molecule has 0 aliphatic carbocycles. The van der Waals surface area contributed by atoms with Gasteiger partial charge in [-0.25, -0.2) is 0 Å². The molecule has 0 radical (unpaired) electrons. The van der Waals surface area contributed by atoms with Crippen LogP contribution in [0, 0.1) is 0 Å². The van der Waals surface area contributed by atoms with E-state index in [1.54, 1.807) is 29.2 Å². The van der Waals surface area contributed by atoms with Crippen LogP contribution < -0.4 is 4.74 Å². The fourth-order valence-electron chi connectivity index (χ4n) is 3.52. The lowest BCUT2D eigenvalue weighted by Crippen LogP contribution is -2.35. The number of hydrogen-bond acceptors (Lipinski definition) is 5. The topological polar surface area (TPSA) is 70.1 Å². The lowest BCUT2D eigenvalue weighted by molar-refractivity contribution is -0.140. The minimum Gasteiger partial charge on any atom is -0.507 e. The zero-order valence-electron chi connectivity index (χ0n) is 17.8. The molecule has 1 aliphatic rings. The van der Waals surface area contributed by atoms with E-state index >= 15 is 0 Å². The van der Waals surface area contributed by atoms with E-state index in [1.165, 1.54) is 0 Å². The van der Waals surface area contributed by atoms with Crippen LogP contribution in [0.5, 0.6) is 5.75 Å². The molecule has 0 bridgehead atoms. The Balaban J connectivity index is 2.05. The number of benzene rings is 2. The van der Waals surface area contributed by atoms with E-state index in [0.717, 1.165) is 5.56 Å². The molecule has 6 nitrogen and oxygen atoms in total. The largest absolute Gasteiger partial charge is 0.507 e. The maximum atomic E-state index is 12.9. The number of aliphatic hydroxyl groups is 1. The van der Waals surface area contributed by atoms with E-state index < -0.39 is 17.7 Å². The number of ether oxygens (including phenoxy) is 1. The third-order valence-corrected chi connectivity index (χ3v) is 4.94. The molecule has 0 aromatic heterocycles. The van der Waals surface area contributed by atoms with Crippen molar-refractivity contribution in [3.63, 3.8) is 0 Å². The number of rotatable bonds is 7. The van der Waals surface area contributed by atoms with Gasteiger partial charge in [0.25, 0.3) is 11.7 Å². The molecule has 0 spiro atoms. The monoisotopic (exact) mass is 408 g/mol. The van der Waals surface area contributed by atoms with Crippen molar-refractivity contribution in [2.24, 2.45) is 0 Å². The van der Waals surface area contributed by atoms with Crippen LogP contribution in [-0.2, 0) is 9.59 Å². The highest BCUT2D eigenvalue weighted by atomic mass is 16.5. The Bertz CT molecular complexity index is 933. The standard InChI is InChI=1S/C24H28N2O4/c1-16(2)30-19-12-10-18(11-13-19)22(27)20-21(17-8-6-5-7-9-17)26(15-14-25(3)4)24(29)23(20)28/h5-13,16,21,27H,14-15H2,1-4H3/b22-20+/t21-/m1/s1. The number of carbonyl (C=O) groups excluding carboxylic acids is 2. The molecule has 2 aromatic rings. The summed E-state index contributed by atoms with van der Waals surface area (Å²) in [5.74, 6) is -0.757. The molecule has 3 rings (SSSR count). The number of carbonyl (C=O) groups is 2. The molecule has 30 heavy (non-hydrogen) atoms. The van der Waals surface area contributed by atoms with Crippen LogP contribution in [0.2, 0.25) is 0 Å². The van der Waals surface area contributed by atoms with Crippen LogP contribution in [-0.4, -0.2) is 59.9 Å². The molecule has 1 fully saturated rings. The van der Waals surface area contributed by atoms with Gasteiger partial charge in [-0.1, -0.05) is 30.3 Å². The molecular weight excluding hydrogens is 380 g/mol. The number of ketones is 1. The Kier molecular flexibility index (Phi) is 6.57. The molecule has 1 amide bonds. The summed E-state index contributed by atoms with van der Waals surface area (Å²) in [6.45, 7) is 4.86. The van der Waals surface area contributed by atoms with E-state index in [0.29, 0.717) is 24.4 Å². The van der Waals surface area contributed by atoms with Gasteiger partial charge in [0.2, 0.25) is 0 Å². The van der Waals surface area contributed by atoms with Crippen LogP contribution in [0.3, 0.4) is 0 Å². The van der Waals surface area contributed by atoms with Crippen molar-refractivity contribution in [1.29, 1.82) is 0 Å². The van der Waals surface area contributed by atoms with Crippen LogP contribution in [0.15, 0.2) is 60.2 Å². The van der Waals surface area contributed by atoms with E-state index in [9.17, 15) is 14.7 Å². The number of Topliss-reactive ketones (excluding diaryl/α,β-unsaturated/α-hetero) is 1. The summed E-state index contributed by atoms with van der Waals surface area (Å²) in [6, 6.07) is 15.6. The Morgan fingerprint density at radius 3 is 2.27 bits per heavy atom. The predicted molar refractivity (Wildman–Crippen MR) is 116 cm³/mol. The van der Waals surface area contributed by atoms with Crippen LogP contribution >= 0.6 is 0 Å². The first kappa shape index (κ1) is 21.6. The van der Waals surface area contributed by atoms with Gasteiger partial charge in [-0.2, -0.15) is 0 Å².